The Morgan fingerprint density at radius 2 is 2.18 bits per heavy atom. The first-order valence-electron chi connectivity index (χ1n) is 5.01. The molecule has 1 aromatic carbocycles. The summed E-state index contributed by atoms with van der Waals surface area (Å²) in [6.45, 7) is 0. The van der Waals surface area contributed by atoms with Crippen LogP contribution < -0.4 is 5.73 Å². The van der Waals surface area contributed by atoms with Crippen molar-refractivity contribution in [2.24, 2.45) is 5.73 Å². The van der Waals surface area contributed by atoms with E-state index in [0.717, 1.165) is 14.9 Å². The molecule has 90 valence electrons. The molecule has 1 nitrogen and oxygen atoms in total. The molecule has 5 heteroatoms. The molecule has 0 aliphatic rings. The summed E-state index contributed by atoms with van der Waals surface area (Å²) in [6, 6.07) is 6.56. The highest BCUT2D eigenvalue weighted by Gasteiger charge is 2.15. The van der Waals surface area contributed by atoms with Crippen molar-refractivity contribution in [2.45, 2.75) is 12.5 Å². The quantitative estimate of drug-likeness (QED) is 0.876. The van der Waals surface area contributed by atoms with Crippen LogP contribution in [0.15, 0.2) is 34.1 Å². The van der Waals surface area contributed by atoms with Gasteiger partial charge in [-0.05, 0) is 45.4 Å². The Hall–Kier alpha value is -0.420. The Balaban J connectivity index is 2.22. The van der Waals surface area contributed by atoms with E-state index >= 15 is 0 Å². The maximum atomic E-state index is 13.3. The summed E-state index contributed by atoms with van der Waals surface area (Å²) >= 11 is 10.9. The molecule has 2 rings (SSSR count). The number of thiophene rings is 1. The van der Waals surface area contributed by atoms with Crippen LogP contribution in [-0.4, -0.2) is 0 Å². The topological polar surface area (TPSA) is 26.0 Å². The Morgan fingerprint density at radius 1 is 1.41 bits per heavy atom. The standard InChI is InChI=1S/C12H10BrClFNS/c13-8-4-5-17-12(8)10(16)6-7-2-1-3-9(15)11(7)14/h1-5,10H,6,16H2. The maximum Gasteiger partial charge on any atom is 0.142 e. The minimum atomic E-state index is -0.401. The zero-order valence-corrected chi connectivity index (χ0v) is 11.9. The van der Waals surface area contributed by atoms with Crippen molar-refractivity contribution < 1.29 is 4.39 Å². The van der Waals surface area contributed by atoms with Gasteiger partial charge in [0.15, 0.2) is 0 Å². The molecule has 0 fully saturated rings. The van der Waals surface area contributed by atoms with Gasteiger partial charge in [0.2, 0.25) is 0 Å². The normalized spacial score (nSPS) is 12.7. The second kappa shape index (κ2) is 5.48. The molecule has 0 aliphatic carbocycles. The average Bonchev–Trinajstić information content (AvgIpc) is 2.71. The highest BCUT2D eigenvalue weighted by atomic mass is 79.9. The third-order valence-corrected chi connectivity index (χ3v) is 4.88. The fourth-order valence-electron chi connectivity index (χ4n) is 1.61. The Morgan fingerprint density at radius 3 is 2.82 bits per heavy atom. The van der Waals surface area contributed by atoms with Gasteiger partial charge in [0.05, 0.1) is 5.02 Å². The van der Waals surface area contributed by atoms with Crippen LogP contribution >= 0.6 is 38.9 Å². The van der Waals surface area contributed by atoms with Crippen LogP contribution in [-0.2, 0) is 6.42 Å². The van der Waals surface area contributed by atoms with Gasteiger partial charge < -0.3 is 5.73 Å². The van der Waals surface area contributed by atoms with Gasteiger partial charge in [-0.25, -0.2) is 4.39 Å². The van der Waals surface area contributed by atoms with E-state index in [-0.39, 0.29) is 11.1 Å². The second-order valence-electron chi connectivity index (χ2n) is 3.66. The highest BCUT2D eigenvalue weighted by molar-refractivity contribution is 9.10. The predicted octanol–water partition coefficient (Wildman–Crippen LogP) is 4.55. The zero-order valence-electron chi connectivity index (χ0n) is 8.79. The van der Waals surface area contributed by atoms with Crippen molar-refractivity contribution >= 4 is 38.9 Å². The maximum absolute atomic E-state index is 13.3. The second-order valence-corrected chi connectivity index (χ2v) is 5.84. The van der Waals surface area contributed by atoms with Crippen LogP contribution in [0.4, 0.5) is 4.39 Å². The first-order valence-corrected chi connectivity index (χ1v) is 7.06. The van der Waals surface area contributed by atoms with Crippen molar-refractivity contribution in [3.8, 4) is 0 Å². The molecule has 0 aliphatic heterocycles. The Bertz CT molecular complexity index is 529. The first kappa shape index (κ1) is 13.0. The van der Waals surface area contributed by atoms with E-state index in [4.69, 9.17) is 17.3 Å². The van der Waals surface area contributed by atoms with Crippen molar-refractivity contribution in [3.05, 3.63) is 55.4 Å². The van der Waals surface area contributed by atoms with Gasteiger partial charge in [-0.2, -0.15) is 0 Å². The van der Waals surface area contributed by atoms with Crippen LogP contribution in [0, 0.1) is 5.82 Å². The molecule has 0 bridgehead atoms. The van der Waals surface area contributed by atoms with Crippen molar-refractivity contribution in [3.63, 3.8) is 0 Å². The van der Waals surface area contributed by atoms with E-state index in [1.807, 2.05) is 11.4 Å². The number of benzene rings is 1. The highest BCUT2D eigenvalue weighted by Crippen LogP contribution is 2.31. The summed E-state index contributed by atoms with van der Waals surface area (Å²) in [5, 5.41) is 2.13. The van der Waals surface area contributed by atoms with E-state index < -0.39 is 5.82 Å². The lowest BCUT2D eigenvalue weighted by Gasteiger charge is -2.12. The minimum absolute atomic E-state index is 0.163. The molecule has 1 unspecified atom stereocenters. The van der Waals surface area contributed by atoms with Crippen LogP contribution in [0.25, 0.3) is 0 Å². The molecule has 0 saturated carbocycles. The van der Waals surface area contributed by atoms with Crippen LogP contribution in [0.5, 0.6) is 0 Å². The van der Waals surface area contributed by atoms with Crippen molar-refractivity contribution in [2.75, 3.05) is 0 Å². The Kier molecular flexibility index (Phi) is 4.20. The zero-order chi connectivity index (χ0) is 12.4. The van der Waals surface area contributed by atoms with Crippen LogP contribution in [0.3, 0.4) is 0 Å². The van der Waals surface area contributed by atoms with E-state index in [1.54, 1.807) is 23.5 Å². The lowest BCUT2D eigenvalue weighted by molar-refractivity contribution is 0.623. The molecule has 0 saturated heterocycles. The summed E-state index contributed by atoms with van der Waals surface area (Å²) in [4.78, 5) is 1.05. The largest absolute Gasteiger partial charge is 0.323 e. The molecule has 1 heterocycles. The van der Waals surface area contributed by atoms with E-state index in [1.165, 1.54) is 6.07 Å². The molecular formula is C12H10BrClFNS. The van der Waals surface area contributed by atoms with Gasteiger partial charge in [0, 0.05) is 15.4 Å². The Labute approximate surface area is 117 Å². The van der Waals surface area contributed by atoms with Gasteiger partial charge in [-0.15, -0.1) is 11.3 Å². The van der Waals surface area contributed by atoms with E-state index in [9.17, 15) is 4.39 Å². The summed E-state index contributed by atoms with van der Waals surface area (Å²) < 4.78 is 14.3. The molecule has 17 heavy (non-hydrogen) atoms. The van der Waals surface area contributed by atoms with Gasteiger partial charge >= 0.3 is 0 Å². The summed E-state index contributed by atoms with van der Waals surface area (Å²) in [6.07, 6.45) is 0.524. The van der Waals surface area contributed by atoms with Gasteiger partial charge in [-0.3, -0.25) is 0 Å². The van der Waals surface area contributed by atoms with Crippen LogP contribution in [0.1, 0.15) is 16.5 Å². The van der Waals surface area contributed by atoms with Crippen molar-refractivity contribution in [1.29, 1.82) is 0 Å². The number of hydrogen-bond donors (Lipinski definition) is 1. The monoisotopic (exact) mass is 333 g/mol. The lowest BCUT2D eigenvalue weighted by atomic mass is 10.1. The van der Waals surface area contributed by atoms with Gasteiger partial charge in [-0.1, -0.05) is 23.7 Å². The average molecular weight is 335 g/mol. The first-order chi connectivity index (χ1) is 8.09. The molecular weight excluding hydrogens is 325 g/mol. The fraction of sp³-hybridized carbons (Fsp3) is 0.167. The summed E-state index contributed by atoms with van der Waals surface area (Å²) in [7, 11) is 0. The summed E-state index contributed by atoms with van der Waals surface area (Å²) in [5.41, 5.74) is 6.83. The molecule has 0 radical (unpaired) electrons. The molecule has 0 spiro atoms. The lowest BCUT2D eigenvalue weighted by Crippen LogP contribution is -2.12. The predicted molar refractivity (Wildman–Crippen MR) is 74.1 cm³/mol. The molecule has 2 aromatic rings. The smallest absolute Gasteiger partial charge is 0.142 e. The minimum Gasteiger partial charge on any atom is -0.323 e. The molecule has 1 aromatic heterocycles. The third-order valence-electron chi connectivity index (χ3n) is 2.45. The number of nitrogens with two attached hydrogens (primary N) is 1. The third kappa shape index (κ3) is 2.88. The van der Waals surface area contributed by atoms with Gasteiger partial charge in [0.1, 0.15) is 5.82 Å². The van der Waals surface area contributed by atoms with E-state index in [2.05, 4.69) is 15.9 Å². The molecule has 0 amide bonds. The van der Waals surface area contributed by atoms with Gasteiger partial charge in [0.25, 0.3) is 0 Å². The molecule has 2 N–H and O–H groups in total. The fourth-order valence-corrected chi connectivity index (χ4v) is 3.48. The SMILES string of the molecule is NC(Cc1cccc(F)c1Cl)c1sccc1Br. The number of rotatable bonds is 3. The number of hydrogen-bond acceptors (Lipinski definition) is 2. The summed E-state index contributed by atoms with van der Waals surface area (Å²) in [5.74, 6) is -0.401. The number of halogens is 3. The van der Waals surface area contributed by atoms with E-state index in [0.29, 0.717) is 6.42 Å². The molecule has 1 atom stereocenters. The van der Waals surface area contributed by atoms with Crippen molar-refractivity contribution in [1.82, 2.24) is 0 Å². The van der Waals surface area contributed by atoms with Crippen LogP contribution in [0.2, 0.25) is 5.02 Å².